The number of thioether (sulfide) groups is 1. The minimum Gasteiger partial charge on any atom is -0.508 e. The SMILES string of the molecule is C/C(=N/NC(=O)CSc1nc2ccccc2[nH]1)c1ccc(O)cc1. The number of fused-ring (bicyclic) bond motifs is 1. The molecular formula is C17H16N4O2S. The lowest BCUT2D eigenvalue weighted by Gasteiger charge is -2.02. The van der Waals surface area contributed by atoms with Crippen LogP contribution < -0.4 is 5.43 Å². The summed E-state index contributed by atoms with van der Waals surface area (Å²) in [5.41, 5.74) is 5.84. The van der Waals surface area contributed by atoms with Crippen molar-refractivity contribution in [3.8, 4) is 5.75 Å². The number of nitrogens with one attached hydrogen (secondary N) is 2. The molecule has 3 aromatic rings. The number of carbonyl (C=O) groups is 1. The number of phenols is 1. The molecule has 2 aromatic carbocycles. The Kier molecular flexibility index (Phi) is 4.81. The van der Waals surface area contributed by atoms with Gasteiger partial charge in [-0.2, -0.15) is 5.10 Å². The third kappa shape index (κ3) is 3.94. The molecule has 3 N–H and O–H groups in total. The summed E-state index contributed by atoms with van der Waals surface area (Å²) < 4.78 is 0. The number of aromatic hydroxyl groups is 1. The van der Waals surface area contributed by atoms with E-state index in [0.717, 1.165) is 16.6 Å². The number of hydrogen-bond donors (Lipinski definition) is 3. The Morgan fingerprint density at radius 2 is 2.00 bits per heavy atom. The van der Waals surface area contributed by atoms with Crippen molar-refractivity contribution in [2.45, 2.75) is 12.1 Å². The lowest BCUT2D eigenvalue weighted by molar-refractivity contribution is -0.118. The van der Waals surface area contributed by atoms with Crippen molar-refractivity contribution in [3.63, 3.8) is 0 Å². The minimum atomic E-state index is -0.210. The predicted molar refractivity (Wildman–Crippen MR) is 95.3 cm³/mol. The maximum atomic E-state index is 11.9. The van der Waals surface area contributed by atoms with E-state index in [1.807, 2.05) is 24.3 Å². The molecule has 1 heterocycles. The molecule has 0 fully saturated rings. The fourth-order valence-corrected chi connectivity index (χ4v) is 2.75. The van der Waals surface area contributed by atoms with Crippen molar-refractivity contribution in [2.24, 2.45) is 5.10 Å². The zero-order valence-electron chi connectivity index (χ0n) is 13.0. The van der Waals surface area contributed by atoms with Gasteiger partial charge in [0.1, 0.15) is 5.75 Å². The van der Waals surface area contributed by atoms with Crippen LogP contribution in [0.3, 0.4) is 0 Å². The molecule has 7 heteroatoms. The molecule has 122 valence electrons. The van der Waals surface area contributed by atoms with Gasteiger partial charge in [-0.3, -0.25) is 4.79 Å². The van der Waals surface area contributed by atoms with Gasteiger partial charge in [0.25, 0.3) is 5.91 Å². The number of hydrogen-bond acceptors (Lipinski definition) is 5. The van der Waals surface area contributed by atoms with E-state index in [1.165, 1.54) is 11.8 Å². The van der Waals surface area contributed by atoms with E-state index in [1.54, 1.807) is 31.2 Å². The lowest BCUT2D eigenvalue weighted by atomic mass is 10.1. The number of hydrazone groups is 1. The van der Waals surface area contributed by atoms with Crippen molar-refractivity contribution in [1.29, 1.82) is 0 Å². The Morgan fingerprint density at radius 1 is 1.25 bits per heavy atom. The smallest absolute Gasteiger partial charge is 0.250 e. The highest BCUT2D eigenvalue weighted by atomic mass is 32.2. The van der Waals surface area contributed by atoms with Crippen LogP contribution in [0.2, 0.25) is 0 Å². The molecule has 0 aliphatic rings. The molecule has 0 aliphatic heterocycles. The molecule has 0 aliphatic carbocycles. The molecular weight excluding hydrogens is 324 g/mol. The number of benzene rings is 2. The van der Waals surface area contributed by atoms with E-state index in [0.29, 0.717) is 10.9 Å². The third-order valence-electron chi connectivity index (χ3n) is 3.34. The number of amides is 1. The van der Waals surface area contributed by atoms with Gasteiger partial charge in [-0.05, 0) is 48.9 Å². The molecule has 3 rings (SSSR count). The van der Waals surface area contributed by atoms with E-state index in [-0.39, 0.29) is 17.4 Å². The molecule has 1 amide bonds. The predicted octanol–water partition coefficient (Wildman–Crippen LogP) is 2.90. The van der Waals surface area contributed by atoms with Gasteiger partial charge in [-0.1, -0.05) is 23.9 Å². The van der Waals surface area contributed by atoms with Crippen LogP contribution in [0.25, 0.3) is 11.0 Å². The van der Waals surface area contributed by atoms with Gasteiger partial charge in [0.2, 0.25) is 0 Å². The Balaban J connectivity index is 1.55. The van der Waals surface area contributed by atoms with Crippen LogP contribution in [0.4, 0.5) is 0 Å². The highest BCUT2D eigenvalue weighted by Crippen LogP contribution is 2.18. The summed E-state index contributed by atoms with van der Waals surface area (Å²) in [5.74, 6) is 0.197. The number of aromatic nitrogens is 2. The summed E-state index contributed by atoms with van der Waals surface area (Å²) in [6, 6.07) is 14.3. The van der Waals surface area contributed by atoms with Gasteiger partial charge in [-0.15, -0.1) is 0 Å². The first kappa shape index (κ1) is 16.1. The van der Waals surface area contributed by atoms with Crippen LogP contribution in [0, 0.1) is 0 Å². The van der Waals surface area contributed by atoms with Gasteiger partial charge >= 0.3 is 0 Å². The fourth-order valence-electron chi connectivity index (χ4n) is 2.08. The normalized spacial score (nSPS) is 11.6. The molecule has 0 unspecified atom stereocenters. The van der Waals surface area contributed by atoms with Crippen LogP contribution >= 0.6 is 11.8 Å². The van der Waals surface area contributed by atoms with E-state index >= 15 is 0 Å². The van der Waals surface area contributed by atoms with Crippen LogP contribution in [-0.4, -0.2) is 32.4 Å². The zero-order valence-corrected chi connectivity index (χ0v) is 13.8. The average molecular weight is 340 g/mol. The van der Waals surface area contributed by atoms with Gasteiger partial charge in [0.15, 0.2) is 5.16 Å². The number of carbonyl (C=O) groups excluding carboxylic acids is 1. The molecule has 0 bridgehead atoms. The number of para-hydroxylation sites is 2. The number of nitrogens with zero attached hydrogens (tertiary/aromatic N) is 2. The first-order chi connectivity index (χ1) is 11.6. The lowest BCUT2D eigenvalue weighted by Crippen LogP contribution is -2.21. The summed E-state index contributed by atoms with van der Waals surface area (Å²) in [6.07, 6.45) is 0. The Bertz CT molecular complexity index is 854. The largest absolute Gasteiger partial charge is 0.508 e. The number of imidazole rings is 1. The summed E-state index contributed by atoms with van der Waals surface area (Å²) in [5, 5.41) is 14.0. The highest BCUT2D eigenvalue weighted by Gasteiger charge is 2.06. The van der Waals surface area contributed by atoms with Crippen LogP contribution in [0.15, 0.2) is 58.8 Å². The molecule has 0 atom stereocenters. The molecule has 1 aromatic heterocycles. The van der Waals surface area contributed by atoms with E-state index in [2.05, 4.69) is 20.5 Å². The van der Waals surface area contributed by atoms with Crippen LogP contribution in [0.5, 0.6) is 5.75 Å². The van der Waals surface area contributed by atoms with Gasteiger partial charge in [0, 0.05) is 0 Å². The zero-order chi connectivity index (χ0) is 16.9. The summed E-state index contributed by atoms with van der Waals surface area (Å²) in [7, 11) is 0. The number of H-pyrrole nitrogens is 1. The maximum Gasteiger partial charge on any atom is 0.250 e. The molecule has 0 saturated heterocycles. The Labute approximate surface area is 143 Å². The summed E-state index contributed by atoms with van der Waals surface area (Å²) in [6.45, 7) is 1.79. The van der Waals surface area contributed by atoms with E-state index < -0.39 is 0 Å². The van der Waals surface area contributed by atoms with Gasteiger partial charge in [-0.25, -0.2) is 10.4 Å². The Hall–Kier alpha value is -2.80. The van der Waals surface area contributed by atoms with Crippen LogP contribution in [0.1, 0.15) is 12.5 Å². The standard InChI is InChI=1S/C17H16N4O2S/c1-11(12-6-8-13(22)9-7-12)20-21-16(23)10-24-17-18-14-4-2-3-5-15(14)19-17/h2-9,22H,10H2,1H3,(H,18,19)(H,21,23)/b20-11-. The quantitative estimate of drug-likeness (QED) is 0.378. The molecule has 0 spiro atoms. The number of rotatable bonds is 5. The Morgan fingerprint density at radius 3 is 2.75 bits per heavy atom. The molecule has 0 saturated carbocycles. The summed E-state index contributed by atoms with van der Waals surface area (Å²) >= 11 is 1.32. The van der Waals surface area contributed by atoms with E-state index in [9.17, 15) is 9.90 Å². The summed E-state index contributed by atoms with van der Waals surface area (Å²) in [4.78, 5) is 19.5. The second-order valence-electron chi connectivity index (χ2n) is 5.13. The highest BCUT2D eigenvalue weighted by molar-refractivity contribution is 7.99. The van der Waals surface area contributed by atoms with Crippen molar-refractivity contribution < 1.29 is 9.90 Å². The number of aromatic amines is 1. The fraction of sp³-hybridized carbons (Fsp3) is 0.118. The van der Waals surface area contributed by atoms with Gasteiger partial charge < -0.3 is 10.1 Å². The first-order valence-electron chi connectivity index (χ1n) is 7.32. The minimum absolute atomic E-state index is 0.192. The number of phenolic OH excluding ortho intramolecular Hbond substituents is 1. The van der Waals surface area contributed by atoms with Crippen molar-refractivity contribution >= 4 is 34.4 Å². The molecule has 0 radical (unpaired) electrons. The maximum absolute atomic E-state index is 11.9. The second-order valence-corrected chi connectivity index (χ2v) is 6.09. The molecule has 24 heavy (non-hydrogen) atoms. The first-order valence-corrected chi connectivity index (χ1v) is 8.30. The van der Waals surface area contributed by atoms with Crippen molar-refractivity contribution in [3.05, 3.63) is 54.1 Å². The molecule has 6 nitrogen and oxygen atoms in total. The van der Waals surface area contributed by atoms with Gasteiger partial charge in [0.05, 0.1) is 22.5 Å². The average Bonchev–Trinajstić information content (AvgIpc) is 3.01. The van der Waals surface area contributed by atoms with Crippen molar-refractivity contribution in [2.75, 3.05) is 5.75 Å². The monoisotopic (exact) mass is 340 g/mol. The second kappa shape index (κ2) is 7.18. The van der Waals surface area contributed by atoms with Crippen molar-refractivity contribution in [1.82, 2.24) is 15.4 Å². The topological polar surface area (TPSA) is 90.4 Å². The van der Waals surface area contributed by atoms with Crippen LogP contribution in [-0.2, 0) is 4.79 Å². The third-order valence-corrected chi connectivity index (χ3v) is 4.21. The van der Waals surface area contributed by atoms with E-state index in [4.69, 9.17) is 0 Å².